The maximum absolute atomic E-state index is 12.2. The lowest BCUT2D eigenvalue weighted by Crippen LogP contribution is -2.40. The van der Waals surface area contributed by atoms with Crippen molar-refractivity contribution in [1.29, 1.82) is 0 Å². The summed E-state index contributed by atoms with van der Waals surface area (Å²) in [5.41, 5.74) is 0. The summed E-state index contributed by atoms with van der Waals surface area (Å²) in [6.07, 6.45) is 2.58. The Hall–Kier alpha value is -1.33. The standard InChI is InChI=1S/C14H23N3O2/c1-10-11(6-7-15-10)14(18)16-9-12(17(2)3)13-5-4-8-19-13/h4-5,8,10-12,15H,6-7,9H2,1-3H3,(H,16,18). The van der Waals surface area contributed by atoms with Crippen molar-refractivity contribution < 1.29 is 9.21 Å². The molecule has 0 saturated carbocycles. The molecule has 2 N–H and O–H groups in total. The highest BCUT2D eigenvalue weighted by molar-refractivity contribution is 5.79. The van der Waals surface area contributed by atoms with Gasteiger partial charge in [-0.05, 0) is 46.1 Å². The van der Waals surface area contributed by atoms with Crippen LogP contribution in [0.15, 0.2) is 22.8 Å². The number of hydrogen-bond donors (Lipinski definition) is 2. The molecule has 1 fully saturated rings. The van der Waals surface area contributed by atoms with Crippen LogP contribution in [0.5, 0.6) is 0 Å². The lowest BCUT2D eigenvalue weighted by Gasteiger charge is -2.24. The molecule has 2 heterocycles. The highest BCUT2D eigenvalue weighted by Gasteiger charge is 2.30. The number of carbonyl (C=O) groups excluding carboxylic acids is 1. The van der Waals surface area contributed by atoms with E-state index in [0.29, 0.717) is 6.54 Å². The van der Waals surface area contributed by atoms with Crippen LogP contribution in [0, 0.1) is 5.92 Å². The third-order valence-electron chi connectivity index (χ3n) is 3.83. The van der Waals surface area contributed by atoms with Gasteiger partial charge in [0.15, 0.2) is 0 Å². The van der Waals surface area contributed by atoms with Gasteiger partial charge in [-0.1, -0.05) is 0 Å². The van der Waals surface area contributed by atoms with Crippen molar-refractivity contribution in [3.8, 4) is 0 Å². The molecule has 0 aromatic carbocycles. The normalized spacial score (nSPS) is 24.6. The lowest BCUT2D eigenvalue weighted by atomic mass is 10.0. The first-order valence-corrected chi connectivity index (χ1v) is 6.80. The number of nitrogens with one attached hydrogen (secondary N) is 2. The Morgan fingerprint density at radius 2 is 2.42 bits per heavy atom. The molecule has 3 unspecified atom stereocenters. The topological polar surface area (TPSA) is 57.5 Å². The molecule has 0 aliphatic carbocycles. The molecule has 106 valence electrons. The molecular weight excluding hydrogens is 242 g/mol. The van der Waals surface area contributed by atoms with Crippen molar-refractivity contribution in [2.45, 2.75) is 25.4 Å². The first kappa shape index (κ1) is 14.1. The van der Waals surface area contributed by atoms with Gasteiger partial charge in [-0.3, -0.25) is 9.69 Å². The Morgan fingerprint density at radius 1 is 1.63 bits per heavy atom. The number of hydrogen-bond acceptors (Lipinski definition) is 4. The third-order valence-corrected chi connectivity index (χ3v) is 3.83. The number of rotatable bonds is 5. The average molecular weight is 265 g/mol. The van der Waals surface area contributed by atoms with Crippen molar-refractivity contribution in [3.05, 3.63) is 24.2 Å². The summed E-state index contributed by atoms with van der Waals surface area (Å²) in [6, 6.07) is 4.15. The predicted octanol–water partition coefficient (Wildman–Crippen LogP) is 0.996. The predicted molar refractivity (Wildman–Crippen MR) is 73.7 cm³/mol. The van der Waals surface area contributed by atoms with E-state index in [1.807, 2.05) is 26.2 Å². The van der Waals surface area contributed by atoms with Crippen molar-refractivity contribution in [3.63, 3.8) is 0 Å². The minimum Gasteiger partial charge on any atom is -0.468 e. The number of carbonyl (C=O) groups is 1. The highest BCUT2D eigenvalue weighted by Crippen LogP contribution is 2.19. The van der Waals surface area contributed by atoms with Gasteiger partial charge in [0, 0.05) is 12.6 Å². The van der Waals surface area contributed by atoms with Crippen molar-refractivity contribution in [2.75, 3.05) is 27.2 Å². The molecule has 5 heteroatoms. The monoisotopic (exact) mass is 265 g/mol. The van der Waals surface area contributed by atoms with E-state index in [2.05, 4.69) is 22.5 Å². The first-order chi connectivity index (χ1) is 9.09. The Bertz CT molecular complexity index is 403. The maximum atomic E-state index is 12.2. The molecule has 1 aromatic heterocycles. The zero-order valence-corrected chi connectivity index (χ0v) is 11.8. The number of furan rings is 1. The van der Waals surface area contributed by atoms with Crippen LogP contribution in [0.4, 0.5) is 0 Å². The summed E-state index contributed by atoms with van der Waals surface area (Å²) in [5, 5.41) is 6.34. The van der Waals surface area contributed by atoms with Gasteiger partial charge in [0.1, 0.15) is 5.76 Å². The van der Waals surface area contributed by atoms with E-state index in [1.54, 1.807) is 6.26 Å². The van der Waals surface area contributed by atoms with E-state index in [1.165, 1.54) is 0 Å². The van der Waals surface area contributed by atoms with Gasteiger partial charge in [0.25, 0.3) is 0 Å². The Morgan fingerprint density at radius 3 is 2.95 bits per heavy atom. The summed E-state index contributed by atoms with van der Waals surface area (Å²) in [6.45, 7) is 3.56. The zero-order chi connectivity index (χ0) is 13.8. The van der Waals surface area contributed by atoms with E-state index in [0.717, 1.165) is 18.7 Å². The second-order valence-corrected chi connectivity index (χ2v) is 5.38. The largest absolute Gasteiger partial charge is 0.468 e. The summed E-state index contributed by atoms with van der Waals surface area (Å²) in [7, 11) is 3.97. The van der Waals surface area contributed by atoms with Gasteiger partial charge in [-0.2, -0.15) is 0 Å². The van der Waals surface area contributed by atoms with Crippen LogP contribution in [0.3, 0.4) is 0 Å². The van der Waals surface area contributed by atoms with Crippen LogP contribution in [0.1, 0.15) is 25.1 Å². The van der Waals surface area contributed by atoms with Gasteiger partial charge in [0.2, 0.25) is 5.91 Å². The molecule has 0 spiro atoms. The Kier molecular flexibility index (Phi) is 4.61. The molecule has 1 aliphatic rings. The molecule has 19 heavy (non-hydrogen) atoms. The van der Waals surface area contributed by atoms with Crippen molar-refractivity contribution in [1.82, 2.24) is 15.5 Å². The van der Waals surface area contributed by atoms with Crippen LogP contribution < -0.4 is 10.6 Å². The second-order valence-electron chi connectivity index (χ2n) is 5.38. The zero-order valence-electron chi connectivity index (χ0n) is 11.8. The molecule has 0 bridgehead atoms. The second kappa shape index (κ2) is 6.21. The van der Waals surface area contributed by atoms with Gasteiger partial charge in [-0.15, -0.1) is 0 Å². The molecular formula is C14H23N3O2. The van der Waals surface area contributed by atoms with Gasteiger partial charge in [-0.25, -0.2) is 0 Å². The summed E-state index contributed by atoms with van der Waals surface area (Å²) < 4.78 is 5.43. The van der Waals surface area contributed by atoms with Crippen LogP contribution in [-0.2, 0) is 4.79 Å². The highest BCUT2D eigenvalue weighted by atomic mass is 16.3. The molecule has 2 rings (SSSR count). The molecule has 1 amide bonds. The maximum Gasteiger partial charge on any atom is 0.224 e. The minimum atomic E-state index is 0.0728. The summed E-state index contributed by atoms with van der Waals surface area (Å²) in [4.78, 5) is 14.2. The third kappa shape index (κ3) is 3.36. The quantitative estimate of drug-likeness (QED) is 0.834. The molecule has 1 saturated heterocycles. The van der Waals surface area contributed by atoms with Crippen molar-refractivity contribution in [2.24, 2.45) is 5.92 Å². The SMILES string of the molecule is CC1NCCC1C(=O)NCC(c1ccco1)N(C)C. The first-order valence-electron chi connectivity index (χ1n) is 6.80. The molecule has 3 atom stereocenters. The minimum absolute atomic E-state index is 0.0728. The lowest BCUT2D eigenvalue weighted by molar-refractivity contribution is -0.125. The molecule has 5 nitrogen and oxygen atoms in total. The van der Waals surface area contributed by atoms with Crippen LogP contribution in [-0.4, -0.2) is 44.0 Å². The van der Waals surface area contributed by atoms with E-state index in [-0.39, 0.29) is 23.9 Å². The van der Waals surface area contributed by atoms with Crippen molar-refractivity contribution >= 4 is 5.91 Å². The van der Waals surface area contributed by atoms with Gasteiger partial charge < -0.3 is 15.1 Å². The van der Waals surface area contributed by atoms with Gasteiger partial charge in [0.05, 0.1) is 18.2 Å². The molecule has 1 aromatic rings. The van der Waals surface area contributed by atoms with E-state index >= 15 is 0 Å². The van der Waals surface area contributed by atoms with E-state index in [9.17, 15) is 4.79 Å². The van der Waals surface area contributed by atoms with Gasteiger partial charge >= 0.3 is 0 Å². The number of amides is 1. The van der Waals surface area contributed by atoms with E-state index < -0.39 is 0 Å². The molecule has 0 radical (unpaired) electrons. The Labute approximate surface area is 114 Å². The fourth-order valence-corrected chi connectivity index (χ4v) is 2.56. The van der Waals surface area contributed by atoms with Crippen LogP contribution >= 0.6 is 0 Å². The molecule has 1 aliphatic heterocycles. The van der Waals surface area contributed by atoms with Crippen LogP contribution in [0.25, 0.3) is 0 Å². The van der Waals surface area contributed by atoms with Crippen LogP contribution in [0.2, 0.25) is 0 Å². The summed E-state index contributed by atoms with van der Waals surface area (Å²) in [5.74, 6) is 1.10. The smallest absolute Gasteiger partial charge is 0.224 e. The average Bonchev–Trinajstić information content (AvgIpc) is 3.00. The Balaban J connectivity index is 1.90. The fourth-order valence-electron chi connectivity index (χ4n) is 2.56. The number of likely N-dealkylation sites (N-methyl/N-ethyl adjacent to an activating group) is 1. The van der Waals surface area contributed by atoms with E-state index in [4.69, 9.17) is 4.42 Å². The number of nitrogens with zero attached hydrogens (tertiary/aromatic N) is 1. The summed E-state index contributed by atoms with van der Waals surface area (Å²) >= 11 is 0. The fraction of sp³-hybridized carbons (Fsp3) is 0.643.